The summed E-state index contributed by atoms with van der Waals surface area (Å²) in [6.45, 7) is 6.38. The Bertz CT molecular complexity index is 51.1. The number of hydrogen-bond donors (Lipinski definition) is 0. The molecule has 0 aromatic rings. The standard InChI is InChI=1S/C7H13/c1-4-5-6-7(2)3/h4,7H,6H2,1-3H3/q-1. The Kier molecular flexibility index (Phi) is 3.77. The van der Waals surface area contributed by atoms with Crippen LogP contribution in [0.2, 0.25) is 0 Å². The fourth-order valence-corrected chi connectivity index (χ4v) is 0.354. The minimum absolute atomic E-state index is 0.760. The van der Waals surface area contributed by atoms with E-state index in [0.29, 0.717) is 0 Å². The maximum atomic E-state index is 3.12. The molecular weight excluding hydrogens is 84.1 g/mol. The zero-order chi connectivity index (χ0) is 5.70. The van der Waals surface area contributed by atoms with Crippen molar-refractivity contribution in [3.63, 3.8) is 0 Å². The molecule has 0 N–H and O–H groups in total. The van der Waals surface area contributed by atoms with E-state index in [2.05, 4.69) is 19.9 Å². The van der Waals surface area contributed by atoms with Gasteiger partial charge in [0, 0.05) is 0 Å². The van der Waals surface area contributed by atoms with Crippen LogP contribution in [0.15, 0.2) is 6.08 Å². The molecule has 0 aliphatic rings. The van der Waals surface area contributed by atoms with E-state index in [-0.39, 0.29) is 0 Å². The van der Waals surface area contributed by atoms with Crippen molar-refractivity contribution in [1.82, 2.24) is 0 Å². The first-order valence-electron chi connectivity index (χ1n) is 2.78. The molecule has 0 spiro atoms. The SMILES string of the molecule is CC=[C-]CC(C)C. The van der Waals surface area contributed by atoms with E-state index in [4.69, 9.17) is 0 Å². The van der Waals surface area contributed by atoms with Crippen molar-refractivity contribution < 1.29 is 0 Å². The van der Waals surface area contributed by atoms with Gasteiger partial charge in [0.25, 0.3) is 0 Å². The van der Waals surface area contributed by atoms with Crippen molar-refractivity contribution in [2.45, 2.75) is 27.2 Å². The molecule has 0 atom stereocenters. The molecule has 7 heavy (non-hydrogen) atoms. The summed E-state index contributed by atoms with van der Waals surface area (Å²) in [5.74, 6) is 0.760. The van der Waals surface area contributed by atoms with Gasteiger partial charge in [-0.15, -0.1) is 0 Å². The molecule has 0 nitrogen and oxygen atoms in total. The summed E-state index contributed by atoms with van der Waals surface area (Å²) in [5, 5.41) is 0. The minimum Gasteiger partial charge on any atom is -0.501 e. The van der Waals surface area contributed by atoms with Gasteiger partial charge in [0.05, 0.1) is 0 Å². The van der Waals surface area contributed by atoms with E-state index in [0.717, 1.165) is 12.3 Å². The molecule has 0 saturated heterocycles. The predicted octanol–water partition coefficient (Wildman–Crippen LogP) is 2.41. The van der Waals surface area contributed by atoms with Crippen LogP contribution in [0.1, 0.15) is 27.2 Å². The fourth-order valence-electron chi connectivity index (χ4n) is 0.354. The third-order valence-corrected chi connectivity index (χ3v) is 0.730. The molecule has 0 heterocycles. The molecule has 0 aliphatic heterocycles. The van der Waals surface area contributed by atoms with E-state index >= 15 is 0 Å². The van der Waals surface area contributed by atoms with E-state index < -0.39 is 0 Å². The Hall–Kier alpha value is -0.260. The summed E-state index contributed by atoms with van der Waals surface area (Å²) in [4.78, 5) is 0. The van der Waals surface area contributed by atoms with E-state index in [1.807, 2.05) is 13.0 Å². The Balaban J connectivity index is 2.97. The van der Waals surface area contributed by atoms with Crippen LogP contribution in [0, 0.1) is 12.0 Å². The molecule has 0 aromatic carbocycles. The van der Waals surface area contributed by atoms with Gasteiger partial charge in [-0.25, -0.2) is 0 Å². The molecular formula is C7H13-. The Morgan fingerprint density at radius 3 is 2.29 bits per heavy atom. The summed E-state index contributed by atoms with van der Waals surface area (Å²) in [6, 6.07) is 0. The Morgan fingerprint density at radius 2 is 2.14 bits per heavy atom. The molecule has 0 amide bonds. The lowest BCUT2D eigenvalue weighted by molar-refractivity contribution is 0.654. The van der Waals surface area contributed by atoms with Gasteiger partial charge in [0.15, 0.2) is 0 Å². The van der Waals surface area contributed by atoms with Crippen molar-refractivity contribution in [2.75, 3.05) is 0 Å². The molecule has 0 saturated carbocycles. The van der Waals surface area contributed by atoms with Gasteiger partial charge in [-0.2, -0.15) is 6.42 Å². The first kappa shape index (κ1) is 6.74. The highest BCUT2D eigenvalue weighted by Crippen LogP contribution is 1.97. The van der Waals surface area contributed by atoms with Gasteiger partial charge in [-0.3, -0.25) is 6.08 Å². The summed E-state index contributed by atoms with van der Waals surface area (Å²) < 4.78 is 0. The highest BCUT2D eigenvalue weighted by molar-refractivity contribution is 4.67. The molecule has 0 rings (SSSR count). The lowest BCUT2D eigenvalue weighted by atomic mass is 10.1. The summed E-state index contributed by atoms with van der Waals surface area (Å²) in [7, 11) is 0. The maximum absolute atomic E-state index is 3.12. The zero-order valence-electron chi connectivity index (χ0n) is 5.36. The smallest absolute Gasteiger partial charge is 0.0651 e. The van der Waals surface area contributed by atoms with Gasteiger partial charge in [-0.1, -0.05) is 26.7 Å². The average Bonchev–Trinajstić information content (AvgIpc) is 1.61. The molecule has 0 bridgehead atoms. The highest BCUT2D eigenvalue weighted by atomic mass is 13.9. The monoisotopic (exact) mass is 97.1 g/mol. The normalized spacial score (nSPS) is 11.4. The third kappa shape index (κ3) is 5.74. The largest absolute Gasteiger partial charge is 0.501 e. The first-order chi connectivity index (χ1) is 3.27. The maximum Gasteiger partial charge on any atom is -0.0651 e. The highest BCUT2D eigenvalue weighted by Gasteiger charge is 1.75. The van der Waals surface area contributed by atoms with Crippen LogP contribution < -0.4 is 0 Å². The van der Waals surface area contributed by atoms with Crippen LogP contribution in [0.3, 0.4) is 0 Å². The average molecular weight is 97.2 g/mol. The second-order valence-corrected chi connectivity index (χ2v) is 2.09. The van der Waals surface area contributed by atoms with Crippen molar-refractivity contribution in [2.24, 2.45) is 5.92 Å². The summed E-state index contributed by atoms with van der Waals surface area (Å²) >= 11 is 0. The number of allylic oxidation sites excluding steroid dienone is 2. The first-order valence-corrected chi connectivity index (χ1v) is 2.78. The van der Waals surface area contributed by atoms with Crippen LogP contribution in [0.25, 0.3) is 0 Å². The fraction of sp³-hybridized carbons (Fsp3) is 0.714. The summed E-state index contributed by atoms with van der Waals surface area (Å²) in [6.07, 6.45) is 6.19. The van der Waals surface area contributed by atoms with Gasteiger partial charge >= 0.3 is 0 Å². The molecule has 0 radical (unpaired) electrons. The molecule has 0 heteroatoms. The number of hydrogen-bond acceptors (Lipinski definition) is 0. The lowest BCUT2D eigenvalue weighted by Crippen LogP contribution is -1.80. The van der Waals surface area contributed by atoms with E-state index in [1.54, 1.807) is 0 Å². The van der Waals surface area contributed by atoms with Crippen molar-refractivity contribution in [1.29, 1.82) is 0 Å². The van der Waals surface area contributed by atoms with Gasteiger partial charge in [-0.05, 0) is 0 Å². The topological polar surface area (TPSA) is 0 Å². The minimum atomic E-state index is 0.760. The summed E-state index contributed by atoms with van der Waals surface area (Å²) in [5.41, 5.74) is 0. The predicted molar refractivity (Wildman–Crippen MR) is 32.9 cm³/mol. The molecule has 0 aromatic heterocycles. The molecule has 0 fully saturated rings. The third-order valence-electron chi connectivity index (χ3n) is 0.730. The van der Waals surface area contributed by atoms with Crippen molar-refractivity contribution in [3.05, 3.63) is 12.2 Å². The Morgan fingerprint density at radius 1 is 1.57 bits per heavy atom. The van der Waals surface area contributed by atoms with Gasteiger partial charge in [0.2, 0.25) is 0 Å². The van der Waals surface area contributed by atoms with Crippen LogP contribution in [0.4, 0.5) is 0 Å². The van der Waals surface area contributed by atoms with Crippen molar-refractivity contribution in [3.8, 4) is 0 Å². The van der Waals surface area contributed by atoms with Gasteiger partial charge < -0.3 is 6.08 Å². The van der Waals surface area contributed by atoms with E-state index in [1.165, 1.54) is 0 Å². The molecule has 0 unspecified atom stereocenters. The molecule has 0 aliphatic carbocycles. The lowest BCUT2D eigenvalue weighted by Gasteiger charge is -2.06. The van der Waals surface area contributed by atoms with Crippen molar-refractivity contribution >= 4 is 0 Å². The molecule has 42 valence electrons. The van der Waals surface area contributed by atoms with Crippen LogP contribution in [0.5, 0.6) is 0 Å². The van der Waals surface area contributed by atoms with Crippen LogP contribution >= 0.6 is 0 Å². The Labute approximate surface area is 46.2 Å². The zero-order valence-corrected chi connectivity index (χ0v) is 5.36. The van der Waals surface area contributed by atoms with Gasteiger partial charge in [0.1, 0.15) is 0 Å². The van der Waals surface area contributed by atoms with Crippen LogP contribution in [-0.4, -0.2) is 0 Å². The second kappa shape index (κ2) is 3.91. The second-order valence-electron chi connectivity index (χ2n) is 2.09. The van der Waals surface area contributed by atoms with Crippen LogP contribution in [-0.2, 0) is 0 Å². The quantitative estimate of drug-likeness (QED) is 0.464. The van der Waals surface area contributed by atoms with E-state index in [9.17, 15) is 0 Å². The number of rotatable bonds is 2.